The molecule has 7 nitrogen and oxygen atoms in total. The summed E-state index contributed by atoms with van der Waals surface area (Å²) in [5.74, 6) is -0.247. The molecule has 0 aliphatic heterocycles. The number of hydrogen-bond acceptors (Lipinski definition) is 4. The molecule has 44 heavy (non-hydrogen) atoms. The molecule has 3 amide bonds. The minimum absolute atomic E-state index is 0.242. The Morgan fingerprint density at radius 2 is 1.36 bits per heavy atom. The van der Waals surface area contributed by atoms with E-state index in [1.807, 2.05) is 99.6 Å². The number of benzene rings is 3. The van der Waals surface area contributed by atoms with Crippen LogP contribution in [0.2, 0.25) is 0 Å². The Kier molecular flexibility index (Phi) is 12.1. The molecule has 236 valence electrons. The molecule has 3 rings (SSSR count). The first-order chi connectivity index (χ1) is 20.8. The highest BCUT2D eigenvalue weighted by Gasteiger charge is 2.39. The van der Waals surface area contributed by atoms with Crippen molar-refractivity contribution in [2.24, 2.45) is 5.92 Å². The molecule has 0 saturated heterocycles. The van der Waals surface area contributed by atoms with Gasteiger partial charge in [0, 0.05) is 18.2 Å². The van der Waals surface area contributed by atoms with Crippen molar-refractivity contribution in [1.82, 2.24) is 10.2 Å². The SMILES string of the molecule is Cc1cccc(C)c1NC(=O)C(c1ccccc1)N(C(=O)C(Cc1ccccc1)NC(=O)OC(C)(C)C)C(C)CCC(C)C. The Balaban J connectivity index is 2.12. The Labute approximate surface area is 263 Å². The maximum Gasteiger partial charge on any atom is 0.408 e. The number of para-hydroxylation sites is 1. The van der Waals surface area contributed by atoms with Gasteiger partial charge in [-0.3, -0.25) is 9.59 Å². The average molecular weight is 600 g/mol. The van der Waals surface area contributed by atoms with Crippen LogP contribution in [0.25, 0.3) is 0 Å². The van der Waals surface area contributed by atoms with Crippen molar-refractivity contribution in [2.75, 3.05) is 5.32 Å². The fraction of sp³-hybridized carbons (Fsp3) is 0.432. The molecule has 3 aromatic rings. The van der Waals surface area contributed by atoms with Gasteiger partial charge in [0.1, 0.15) is 17.7 Å². The highest BCUT2D eigenvalue weighted by atomic mass is 16.6. The van der Waals surface area contributed by atoms with E-state index in [0.29, 0.717) is 17.9 Å². The Hall–Kier alpha value is -4.13. The molecule has 3 aromatic carbocycles. The maximum absolute atomic E-state index is 14.8. The molecule has 0 saturated carbocycles. The van der Waals surface area contributed by atoms with Crippen LogP contribution in [-0.2, 0) is 20.7 Å². The minimum atomic E-state index is -0.965. The number of amides is 3. The first-order valence-electron chi connectivity index (χ1n) is 15.5. The van der Waals surface area contributed by atoms with Crippen LogP contribution < -0.4 is 10.6 Å². The number of alkyl carbamates (subject to hydrolysis) is 1. The molecule has 2 N–H and O–H groups in total. The standard InChI is InChI=1S/C37H49N3O4/c1-25(2)22-23-28(5)40(35(42)31(24-29-18-11-9-12-19-29)38-36(43)44-37(6,7)8)33(30-20-13-10-14-21-30)34(41)39-32-26(3)16-15-17-27(32)4/h9-21,25,28,31,33H,22-24H2,1-8H3,(H,38,43)(H,39,41). The first kappa shape index (κ1) is 34.4. The molecule has 0 heterocycles. The quantitative estimate of drug-likeness (QED) is 0.223. The van der Waals surface area contributed by atoms with E-state index < -0.39 is 23.8 Å². The number of nitrogens with one attached hydrogen (secondary N) is 2. The number of carbonyl (C=O) groups is 3. The summed E-state index contributed by atoms with van der Waals surface area (Å²) in [6.45, 7) is 15.5. The predicted molar refractivity (Wildman–Crippen MR) is 177 cm³/mol. The molecule has 3 atom stereocenters. The molecule has 3 unspecified atom stereocenters. The van der Waals surface area contributed by atoms with E-state index in [4.69, 9.17) is 4.74 Å². The summed E-state index contributed by atoms with van der Waals surface area (Å²) in [5, 5.41) is 6.00. The van der Waals surface area contributed by atoms with Crippen LogP contribution in [0.5, 0.6) is 0 Å². The topological polar surface area (TPSA) is 87.7 Å². The van der Waals surface area contributed by atoms with Crippen LogP contribution in [-0.4, -0.2) is 40.5 Å². The monoisotopic (exact) mass is 599 g/mol. The van der Waals surface area contributed by atoms with Gasteiger partial charge in [-0.05, 0) is 82.6 Å². The summed E-state index contributed by atoms with van der Waals surface area (Å²) in [6, 6.07) is 22.6. The van der Waals surface area contributed by atoms with Crippen molar-refractivity contribution in [3.63, 3.8) is 0 Å². The number of anilines is 1. The molecule has 0 aliphatic rings. The van der Waals surface area contributed by atoms with E-state index in [1.165, 1.54) is 0 Å². The average Bonchev–Trinajstić information content (AvgIpc) is 2.95. The number of rotatable bonds is 12. The normalized spacial score (nSPS) is 13.5. The van der Waals surface area contributed by atoms with Gasteiger partial charge in [0.15, 0.2) is 0 Å². The van der Waals surface area contributed by atoms with Gasteiger partial charge in [-0.1, -0.05) is 92.7 Å². The number of hydrogen-bond donors (Lipinski definition) is 2. The lowest BCUT2D eigenvalue weighted by molar-refractivity contribution is -0.143. The summed E-state index contributed by atoms with van der Waals surface area (Å²) >= 11 is 0. The van der Waals surface area contributed by atoms with Crippen LogP contribution in [0.1, 0.15) is 82.7 Å². The lowest BCUT2D eigenvalue weighted by Gasteiger charge is -2.39. The second-order valence-electron chi connectivity index (χ2n) is 13.0. The Morgan fingerprint density at radius 3 is 1.91 bits per heavy atom. The molecule has 0 aliphatic carbocycles. The first-order valence-corrected chi connectivity index (χ1v) is 15.5. The van der Waals surface area contributed by atoms with E-state index in [-0.39, 0.29) is 24.3 Å². The highest BCUT2D eigenvalue weighted by molar-refractivity contribution is 6.00. The van der Waals surface area contributed by atoms with Crippen LogP contribution in [0.4, 0.5) is 10.5 Å². The van der Waals surface area contributed by atoms with E-state index in [1.54, 1.807) is 25.7 Å². The minimum Gasteiger partial charge on any atom is -0.444 e. The van der Waals surface area contributed by atoms with Gasteiger partial charge in [0.2, 0.25) is 5.91 Å². The van der Waals surface area contributed by atoms with Crippen molar-refractivity contribution >= 4 is 23.6 Å². The molecule has 0 aromatic heterocycles. The van der Waals surface area contributed by atoms with Crippen LogP contribution >= 0.6 is 0 Å². The predicted octanol–water partition coefficient (Wildman–Crippen LogP) is 7.77. The van der Waals surface area contributed by atoms with Gasteiger partial charge in [0.05, 0.1) is 0 Å². The van der Waals surface area contributed by atoms with E-state index >= 15 is 0 Å². The number of aryl methyl sites for hydroxylation is 2. The molecular weight excluding hydrogens is 550 g/mol. The number of nitrogens with zero attached hydrogens (tertiary/aromatic N) is 1. The van der Waals surface area contributed by atoms with Crippen molar-refractivity contribution in [2.45, 2.75) is 98.4 Å². The van der Waals surface area contributed by atoms with Gasteiger partial charge in [-0.15, -0.1) is 0 Å². The fourth-order valence-corrected chi connectivity index (χ4v) is 5.27. The zero-order chi connectivity index (χ0) is 32.4. The van der Waals surface area contributed by atoms with Crippen LogP contribution in [0, 0.1) is 19.8 Å². The van der Waals surface area contributed by atoms with E-state index in [9.17, 15) is 14.4 Å². The summed E-state index contributed by atoms with van der Waals surface area (Å²) in [6.07, 6.45) is 1.12. The zero-order valence-electron chi connectivity index (χ0n) is 27.5. The van der Waals surface area contributed by atoms with Crippen molar-refractivity contribution in [1.29, 1.82) is 0 Å². The second kappa shape index (κ2) is 15.6. The largest absolute Gasteiger partial charge is 0.444 e. The van der Waals surface area contributed by atoms with E-state index in [2.05, 4.69) is 24.5 Å². The number of ether oxygens (including phenoxy) is 1. The molecule has 0 fully saturated rings. The molecule has 0 spiro atoms. The third-order valence-electron chi connectivity index (χ3n) is 7.53. The van der Waals surface area contributed by atoms with Gasteiger partial charge in [-0.25, -0.2) is 4.79 Å². The maximum atomic E-state index is 14.8. The van der Waals surface area contributed by atoms with Gasteiger partial charge in [0.25, 0.3) is 5.91 Å². The molecule has 7 heteroatoms. The van der Waals surface area contributed by atoms with E-state index in [0.717, 1.165) is 28.8 Å². The zero-order valence-corrected chi connectivity index (χ0v) is 27.5. The lowest BCUT2D eigenvalue weighted by Crippen LogP contribution is -2.55. The molecular formula is C37H49N3O4. The highest BCUT2D eigenvalue weighted by Crippen LogP contribution is 2.30. The Bertz CT molecular complexity index is 1360. The number of carbonyl (C=O) groups excluding carboxylic acids is 3. The van der Waals surface area contributed by atoms with Crippen molar-refractivity contribution in [3.8, 4) is 0 Å². The molecule has 0 bridgehead atoms. The Morgan fingerprint density at radius 1 is 0.795 bits per heavy atom. The van der Waals surface area contributed by atoms with Crippen molar-refractivity contribution < 1.29 is 19.1 Å². The fourth-order valence-electron chi connectivity index (χ4n) is 5.27. The van der Waals surface area contributed by atoms with Crippen LogP contribution in [0.3, 0.4) is 0 Å². The summed E-state index contributed by atoms with van der Waals surface area (Å²) < 4.78 is 5.57. The summed E-state index contributed by atoms with van der Waals surface area (Å²) in [4.78, 5) is 43.9. The van der Waals surface area contributed by atoms with Crippen LogP contribution in [0.15, 0.2) is 78.9 Å². The van der Waals surface area contributed by atoms with Crippen molar-refractivity contribution in [3.05, 3.63) is 101 Å². The smallest absolute Gasteiger partial charge is 0.408 e. The summed E-state index contributed by atoms with van der Waals surface area (Å²) in [7, 11) is 0. The van der Waals surface area contributed by atoms with Gasteiger partial charge >= 0.3 is 6.09 Å². The summed E-state index contributed by atoms with van der Waals surface area (Å²) in [5.41, 5.74) is 3.43. The molecule has 0 radical (unpaired) electrons. The second-order valence-corrected chi connectivity index (χ2v) is 13.0. The lowest BCUT2D eigenvalue weighted by atomic mass is 9.95. The third kappa shape index (κ3) is 9.97. The third-order valence-corrected chi connectivity index (χ3v) is 7.53. The van der Waals surface area contributed by atoms with Gasteiger partial charge in [-0.2, -0.15) is 0 Å². The van der Waals surface area contributed by atoms with Gasteiger partial charge < -0.3 is 20.3 Å².